The predicted molar refractivity (Wildman–Crippen MR) is 198 cm³/mol. The van der Waals surface area contributed by atoms with Crippen molar-refractivity contribution in [3.8, 4) is 44.8 Å². The Labute approximate surface area is 275 Å². The lowest BCUT2D eigenvalue weighted by Crippen LogP contribution is -1.83. The van der Waals surface area contributed by atoms with E-state index in [1.54, 1.807) is 0 Å². The first-order chi connectivity index (χ1) is 23.8. The van der Waals surface area contributed by atoms with Gasteiger partial charge >= 0.3 is 0 Å². The lowest BCUT2D eigenvalue weighted by atomic mass is 9.96. The zero-order chi connectivity index (χ0) is 31.3. The molecule has 0 amide bonds. The molecule has 0 saturated carbocycles. The van der Waals surface area contributed by atoms with Crippen molar-refractivity contribution >= 4 is 54.9 Å². The van der Waals surface area contributed by atoms with Crippen LogP contribution in [-0.4, -0.2) is 18.8 Å². The molecule has 0 aliphatic heterocycles. The van der Waals surface area contributed by atoms with Gasteiger partial charge in [-0.2, -0.15) is 0 Å². The Morgan fingerprint density at radius 3 is 1.21 bits per heavy atom. The van der Waals surface area contributed by atoms with Gasteiger partial charge in [0, 0.05) is 32.7 Å². The van der Waals surface area contributed by atoms with Gasteiger partial charge < -0.3 is 0 Å². The summed E-state index contributed by atoms with van der Waals surface area (Å²) in [7, 11) is 0. The number of aromatic nitrogens is 4. The highest BCUT2D eigenvalue weighted by molar-refractivity contribution is 6.16. The number of rotatable bonds is 4. The Kier molecular flexibility index (Phi) is 5.08. The third-order valence-electron chi connectivity index (χ3n) is 10.0. The second-order valence-corrected chi connectivity index (χ2v) is 12.7. The maximum atomic E-state index is 5.09. The zero-order valence-electron chi connectivity index (χ0n) is 25.8. The SMILES string of the molecule is c1ccc(-c2nc3cccc4c5ccc(-c6cccc(-c7ccc8c(c7)c7c(-c9ccccc9)nc9cccc8n97)c6)cc5c2n34)cc1. The molecule has 0 unspecified atom stereocenters. The minimum absolute atomic E-state index is 0.978. The Balaban J connectivity index is 1.09. The molecule has 11 rings (SSSR count). The van der Waals surface area contributed by atoms with Crippen LogP contribution in [0.1, 0.15) is 0 Å². The van der Waals surface area contributed by atoms with Gasteiger partial charge in [0.2, 0.25) is 0 Å². The molecule has 0 saturated heterocycles. The van der Waals surface area contributed by atoms with Gasteiger partial charge in [0.25, 0.3) is 0 Å². The van der Waals surface area contributed by atoms with Crippen LogP contribution in [0.5, 0.6) is 0 Å². The summed E-state index contributed by atoms with van der Waals surface area (Å²) in [5.74, 6) is 0. The van der Waals surface area contributed by atoms with E-state index in [1.165, 1.54) is 65.9 Å². The summed E-state index contributed by atoms with van der Waals surface area (Å²) in [6.45, 7) is 0. The van der Waals surface area contributed by atoms with E-state index in [2.05, 4.69) is 167 Å². The van der Waals surface area contributed by atoms with Crippen molar-refractivity contribution in [1.29, 1.82) is 0 Å². The molecule has 0 fully saturated rings. The Bertz CT molecular complexity index is 2790. The topological polar surface area (TPSA) is 34.6 Å². The van der Waals surface area contributed by atoms with Gasteiger partial charge in [-0.25, -0.2) is 9.97 Å². The molecular formula is C44H26N4. The third kappa shape index (κ3) is 3.49. The number of pyridine rings is 2. The molecule has 0 atom stereocenters. The number of benzene rings is 5. The lowest BCUT2D eigenvalue weighted by Gasteiger charge is -2.08. The van der Waals surface area contributed by atoms with Crippen molar-refractivity contribution in [2.24, 2.45) is 0 Å². The average Bonchev–Trinajstić information content (AvgIpc) is 3.91. The molecule has 0 aliphatic rings. The summed E-state index contributed by atoms with van der Waals surface area (Å²) in [4.78, 5) is 10.2. The fraction of sp³-hybridized carbons (Fsp3) is 0. The molecule has 4 heteroatoms. The van der Waals surface area contributed by atoms with Gasteiger partial charge in [-0.1, -0.05) is 115 Å². The highest BCUT2D eigenvalue weighted by Crippen LogP contribution is 2.41. The van der Waals surface area contributed by atoms with Crippen LogP contribution < -0.4 is 0 Å². The summed E-state index contributed by atoms with van der Waals surface area (Å²) in [5, 5.41) is 4.93. The molecule has 5 aromatic carbocycles. The molecule has 0 bridgehead atoms. The largest absolute Gasteiger partial charge is 0.292 e. The highest BCUT2D eigenvalue weighted by Gasteiger charge is 2.21. The van der Waals surface area contributed by atoms with Crippen LogP contribution in [0.3, 0.4) is 0 Å². The first-order valence-corrected chi connectivity index (χ1v) is 16.3. The molecule has 11 aromatic rings. The van der Waals surface area contributed by atoms with Crippen molar-refractivity contribution in [3.63, 3.8) is 0 Å². The number of nitrogens with zero attached hydrogens (tertiary/aromatic N) is 4. The molecule has 4 nitrogen and oxygen atoms in total. The lowest BCUT2D eigenvalue weighted by molar-refractivity contribution is 1.31. The van der Waals surface area contributed by atoms with Crippen molar-refractivity contribution in [2.75, 3.05) is 0 Å². The monoisotopic (exact) mass is 610 g/mol. The molecule has 222 valence electrons. The minimum atomic E-state index is 0.978. The van der Waals surface area contributed by atoms with Crippen molar-refractivity contribution in [1.82, 2.24) is 18.8 Å². The second kappa shape index (κ2) is 9.50. The van der Waals surface area contributed by atoms with Gasteiger partial charge in [-0.3, -0.25) is 8.80 Å². The molecule has 0 radical (unpaired) electrons. The number of imidazole rings is 2. The Morgan fingerprint density at radius 2 is 0.729 bits per heavy atom. The molecule has 48 heavy (non-hydrogen) atoms. The van der Waals surface area contributed by atoms with Crippen LogP contribution in [-0.2, 0) is 0 Å². The van der Waals surface area contributed by atoms with Crippen LogP contribution in [0.15, 0.2) is 158 Å². The fourth-order valence-corrected chi connectivity index (χ4v) is 7.86. The van der Waals surface area contributed by atoms with Gasteiger partial charge in [-0.15, -0.1) is 0 Å². The maximum Gasteiger partial charge on any atom is 0.138 e. The average molecular weight is 611 g/mol. The first-order valence-electron chi connectivity index (χ1n) is 16.3. The van der Waals surface area contributed by atoms with Crippen molar-refractivity contribution in [3.05, 3.63) is 158 Å². The van der Waals surface area contributed by atoms with Crippen LogP contribution in [0, 0.1) is 0 Å². The van der Waals surface area contributed by atoms with Crippen LogP contribution in [0.2, 0.25) is 0 Å². The van der Waals surface area contributed by atoms with Crippen LogP contribution >= 0.6 is 0 Å². The van der Waals surface area contributed by atoms with Gasteiger partial charge in [0.1, 0.15) is 11.3 Å². The summed E-state index contributed by atoms with van der Waals surface area (Å²) in [6.07, 6.45) is 0. The van der Waals surface area contributed by atoms with Gasteiger partial charge in [0.05, 0.1) is 33.5 Å². The minimum Gasteiger partial charge on any atom is -0.292 e. The van der Waals surface area contributed by atoms with Crippen molar-refractivity contribution < 1.29 is 0 Å². The van der Waals surface area contributed by atoms with Gasteiger partial charge in [-0.05, 0) is 64.7 Å². The first kappa shape index (κ1) is 25.6. The van der Waals surface area contributed by atoms with E-state index in [-0.39, 0.29) is 0 Å². The van der Waals surface area contributed by atoms with E-state index in [1.807, 2.05) is 0 Å². The van der Waals surface area contributed by atoms with E-state index >= 15 is 0 Å². The third-order valence-corrected chi connectivity index (χ3v) is 10.0. The van der Waals surface area contributed by atoms with E-state index < -0.39 is 0 Å². The smallest absolute Gasteiger partial charge is 0.138 e. The normalized spacial score (nSPS) is 12.2. The number of hydrogen-bond acceptors (Lipinski definition) is 2. The maximum absolute atomic E-state index is 5.09. The Hall–Kier alpha value is -6.52. The van der Waals surface area contributed by atoms with Crippen LogP contribution in [0.4, 0.5) is 0 Å². The molecule has 0 N–H and O–H groups in total. The predicted octanol–water partition coefficient (Wildman–Crippen LogP) is 11.1. The molecule has 0 spiro atoms. The zero-order valence-corrected chi connectivity index (χ0v) is 25.8. The quantitative estimate of drug-likeness (QED) is 0.199. The Morgan fingerprint density at radius 1 is 0.312 bits per heavy atom. The van der Waals surface area contributed by atoms with E-state index in [9.17, 15) is 0 Å². The van der Waals surface area contributed by atoms with E-state index in [0.29, 0.717) is 0 Å². The number of hydrogen-bond donors (Lipinski definition) is 0. The fourth-order valence-electron chi connectivity index (χ4n) is 7.86. The standard InChI is InChI=1S/C44H26N4/c1-3-10-27(11-4-1)41-43-35-25-31(20-22-33(35)37-16-8-18-39(45-41)47(37)43)29-14-7-15-30(24-29)32-21-23-34-36(26-32)44-42(28-12-5-2-6-13-28)46-40-19-9-17-38(34)48(40)44/h1-26H. The second-order valence-electron chi connectivity index (χ2n) is 12.7. The summed E-state index contributed by atoms with van der Waals surface area (Å²) in [5.41, 5.74) is 15.7. The van der Waals surface area contributed by atoms with E-state index in [0.717, 1.165) is 33.8 Å². The van der Waals surface area contributed by atoms with E-state index in [4.69, 9.17) is 9.97 Å². The number of fused-ring (bicyclic) bond motifs is 6. The molecular weight excluding hydrogens is 585 g/mol. The molecule has 6 heterocycles. The van der Waals surface area contributed by atoms with Crippen molar-refractivity contribution in [2.45, 2.75) is 0 Å². The molecule has 6 aromatic heterocycles. The van der Waals surface area contributed by atoms with Gasteiger partial charge in [0.15, 0.2) is 0 Å². The summed E-state index contributed by atoms with van der Waals surface area (Å²) < 4.78 is 4.62. The highest BCUT2D eigenvalue weighted by atomic mass is 15.0. The van der Waals surface area contributed by atoms with Crippen LogP contribution in [0.25, 0.3) is 99.7 Å². The summed E-state index contributed by atoms with van der Waals surface area (Å²) in [6, 6.07) is 56.5. The summed E-state index contributed by atoms with van der Waals surface area (Å²) >= 11 is 0. The molecule has 0 aliphatic carbocycles.